The lowest BCUT2D eigenvalue weighted by atomic mass is 10.3. The number of H-pyrrole nitrogens is 1. The molecule has 0 radical (unpaired) electrons. The molecule has 0 saturated heterocycles. The smallest absolute Gasteiger partial charge is 0.329 e. The molecule has 0 spiro atoms. The molecule has 0 aliphatic carbocycles. The molecule has 0 fully saturated rings. The normalized spacial score (nSPS) is 11.0. The highest BCUT2D eigenvalue weighted by molar-refractivity contribution is 5.73. The Morgan fingerprint density at radius 3 is 2.73 bits per heavy atom. The molecule has 1 aromatic carbocycles. The average molecular weight is 301 g/mol. The summed E-state index contributed by atoms with van der Waals surface area (Å²) in [6.07, 6.45) is 0. The number of nitrogens with one attached hydrogen (secondary N) is 1. The number of ether oxygens (including phenoxy) is 1. The third-order valence-electron chi connectivity index (χ3n) is 3.36. The Bertz CT molecular complexity index is 923. The molecular weight excluding hydrogens is 286 g/mol. The number of rotatable bonds is 4. The standard InChI is InChI=1S/C14H15N5O3/c1-18-11-10(12(20)17-14(18)21)19(13(15)16-11)7-8-22-9-5-3-2-4-6-9/h2-6H,7-8H2,1H3,(H2,15,16)(H,17,20,21). The molecule has 2 aromatic heterocycles. The van der Waals surface area contributed by atoms with Crippen molar-refractivity contribution < 1.29 is 4.74 Å². The van der Waals surface area contributed by atoms with Crippen molar-refractivity contribution >= 4 is 17.1 Å². The van der Waals surface area contributed by atoms with Crippen LogP contribution in [-0.2, 0) is 13.6 Å². The van der Waals surface area contributed by atoms with E-state index >= 15 is 0 Å². The van der Waals surface area contributed by atoms with Gasteiger partial charge < -0.3 is 15.0 Å². The summed E-state index contributed by atoms with van der Waals surface area (Å²) in [7, 11) is 1.53. The Hall–Kier alpha value is -3.03. The van der Waals surface area contributed by atoms with E-state index in [1.807, 2.05) is 30.3 Å². The fourth-order valence-electron chi connectivity index (χ4n) is 2.25. The Morgan fingerprint density at radius 1 is 1.27 bits per heavy atom. The Morgan fingerprint density at radius 2 is 2.00 bits per heavy atom. The summed E-state index contributed by atoms with van der Waals surface area (Å²) in [5.41, 5.74) is 5.33. The van der Waals surface area contributed by atoms with Gasteiger partial charge >= 0.3 is 5.69 Å². The lowest BCUT2D eigenvalue weighted by Crippen LogP contribution is -2.29. The number of nitrogens with zero attached hydrogens (tertiary/aromatic N) is 3. The lowest BCUT2D eigenvalue weighted by Gasteiger charge is -2.08. The van der Waals surface area contributed by atoms with Crippen LogP contribution in [0.25, 0.3) is 11.2 Å². The number of fused-ring (bicyclic) bond motifs is 1. The minimum Gasteiger partial charge on any atom is -0.492 e. The number of aromatic amines is 1. The number of benzene rings is 1. The van der Waals surface area contributed by atoms with Gasteiger partial charge in [-0.15, -0.1) is 0 Å². The van der Waals surface area contributed by atoms with Crippen molar-refractivity contribution in [1.29, 1.82) is 0 Å². The van der Waals surface area contributed by atoms with Gasteiger partial charge in [-0.1, -0.05) is 18.2 Å². The molecule has 114 valence electrons. The molecule has 8 nitrogen and oxygen atoms in total. The van der Waals surface area contributed by atoms with Gasteiger partial charge in [-0.05, 0) is 12.1 Å². The minimum absolute atomic E-state index is 0.165. The number of anilines is 1. The SMILES string of the molecule is Cn1c(=O)[nH]c(=O)c2c1nc(N)n2CCOc1ccccc1. The maximum absolute atomic E-state index is 12.0. The van der Waals surface area contributed by atoms with Gasteiger partial charge in [0.25, 0.3) is 5.56 Å². The van der Waals surface area contributed by atoms with Crippen molar-refractivity contribution in [2.24, 2.45) is 7.05 Å². The lowest BCUT2D eigenvalue weighted by molar-refractivity contribution is 0.301. The van der Waals surface area contributed by atoms with Crippen LogP contribution >= 0.6 is 0 Å². The van der Waals surface area contributed by atoms with E-state index in [2.05, 4.69) is 9.97 Å². The number of hydrogen-bond donors (Lipinski definition) is 2. The van der Waals surface area contributed by atoms with Gasteiger partial charge in [0.05, 0.1) is 6.54 Å². The zero-order valence-corrected chi connectivity index (χ0v) is 11.9. The van der Waals surface area contributed by atoms with Crippen LogP contribution in [0, 0.1) is 0 Å². The molecule has 0 unspecified atom stereocenters. The number of para-hydroxylation sites is 1. The van der Waals surface area contributed by atoms with E-state index in [-0.39, 0.29) is 17.1 Å². The van der Waals surface area contributed by atoms with E-state index < -0.39 is 11.2 Å². The van der Waals surface area contributed by atoms with Gasteiger partial charge in [-0.2, -0.15) is 4.98 Å². The van der Waals surface area contributed by atoms with E-state index in [1.165, 1.54) is 16.2 Å². The van der Waals surface area contributed by atoms with Crippen LogP contribution in [0.15, 0.2) is 39.9 Å². The summed E-state index contributed by atoms with van der Waals surface area (Å²) in [5.74, 6) is 0.894. The highest BCUT2D eigenvalue weighted by Crippen LogP contribution is 2.13. The second kappa shape index (κ2) is 5.40. The largest absolute Gasteiger partial charge is 0.492 e. The maximum atomic E-state index is 12.0. The summed E-state index contributed by atoms with van der Waals surface area (Å²) in [4.78, 5) is 29.9. The molecule has 0 aliphatic rings. The molecular formula is C14H15N5O3. The van der Waals surface area contributed by atoms with Gasteiger partial charge in [0.15, 0.2) is 11.2 Å². The zero-order valence-electron chi connectivity index (χ0n) is 11.9. The number of nitrogens with two attached hydrogens (primary N) is 1. The van der Waals surface area contributed by atoms with E-state index in [0.717, 1.165) is 5.75 Å². The number of hydrogen-bond acceptors (Lipinski definition) is 5. The van der Waals surface area contributed by atoms with E-state index in [4.69, 9.17) is 10.5 Å². The molecule has 0 atom stereocenters. The van der Waals surface area contributed by atoms with Crippen LogP contribution in [0.2, 0.25) is 0 Å². The monoisotopic (exact) mass is 301 g/mol. The molecule has 8 heteroatoms. The Labute approximate surface area is 124 Å². The van der Waals surface area contributed by atoms with Crippen LogP contribution in [0.5, 0.6) is 5.75 Å². The van der Waals surface area contributed by atoms with E-state index in [9.17, 15) is 9.59 Å². The fourth-order valence-corrected chi connectivity index (χ4v) is 2.25. The molecule has 3 aromatic rings. The van der Waals surface area contributed by atoms with E-state index in [0.29, 0.717) is 13.2 Å². The first kappa shape index (κ1) is 13.9. The van der Waals surface area contributed by atoms with Crippen LogP contribution < -0.4 is 21.7 Å². The highest BCUT2D eigenvalue weighted by atomic mass is 16.5. The van der Waals surface area contributed by atoms with Crippen LogP contribution in [0.1, 0.15) is 0 Å². The summed E-state index contributed by atoms with van der Waals surface area (Å²) in [5, 5.41) is 0. The topological polar surface area (TPSA) is 108 Å². The van der Waals surface area contributed by atoms with Crippen molar-refractivity contribution in [1.82, 2.24) is 19.1 Å². The second-order valence-corrected chi connectivity index (χ2v) is 4.77. The zero-order chi connectivity index (χ0) is 15.7. The first-order valence-corrected chi connectivity index (χ1v) is 6.71. The maximum Gasteiger partial charge on any atom is 0.329 e. The summed E-state index contributed by atoms with van der Waals surface area (Å²) >= 11 is 0. The number of nitrogen functional groups attached to an aromatic ring is 1. The van der Waals surface area contributed by atoms with Crippen molar-refractivity contribution in [3.63, 3.8) is 0 Å². The average Bonchev–Trinajstić information content (AvgIpc) is 2.84. The molecule has 3 rings (SSSR count). The van der Waals surface area contributed by atoms with Gasteiger partial charge in [0.2, 0.25) is 5.95 Å². The van der Waals surface area contributed by atoms with Crippen molar-refractivity contribution in [2.45, 2.75) is 6.54 Å². The minimum atomic E-state index is -0.525. The third-order valence-corrected chi connectivity index (χ3v) is 3.36. The van der Waals surface area contributed by atoms with Crippen LogP contribution in [-0.4, -0.2) is 25.7 Å². The summed E-state index contributed by atoms with van der Waals surface area (Å²) < 4.78 is 8.38. The molecule has 0 aliphatic heterocycles. The van der Waals surface area contributed by atoms with Crippen molar-refractivity contribution in [3.8, 4) is 5.75 Å². The van der Waals surface area contributed by atoms with Gasteiger partial charge in [-0.3, -0.25) is 14.3 Å². The fraction of sp³-hybridized carbons (Fsp3) is 0.214. The third kappa shape index (κ3) is 2.34. The second-order valence-electron chi connectivity index (χ2n) is 4.77. The van der Waals surface area contributed by atoms with Crippen molar-refractivity contribution in [3.05, 3.63) is 51.2 Å². The quantitative estimate of drug-likeness (QED) is 0.709. The summed E-state index contributed by atoms with van der Waals surface area (Å²) in [6, 6.07) is 9.32. The predicted octanol–water partition coefficient (Wildman–Crippen LogP) is 0.0845. The first-order chi connectivity index (χ1) is 10.6. The summed E-state index contributed by atoms with van der Waals surface area (Å²) in [6.45, 7) is 0.667. The van der Waals surface area contributed by atoms with Gasteiger partial charge in [0, 0.05) is 7.05 Å². The molecule has 0 amide bonds. The highest BCUT2D eigenvalue weighted by Gasteiger charge is 2.15. The first-order valence-electron chi connectivity index (χ1n) is 6.71. The van der Waals surface area contributed by atoms with Crippen LogP contribution in [0.3, 0.4) is 0 Å². The van der Waals surface area contributed by atoms with E-state index in [1.54, 1.807) is 0 Å². The Balaban J connectivity index is 1.91. The number of imidazole rings is 1. The molecule has 3 N–H and O–H groups in total. The molecule has 22 heavy (non-hydrogen) atoms. The number of aryl methyl sites for hydroxylation is 1. The number of aromatic nitrogens is 4. The molecule has 2 heterocycles. The Kier molecular flexibility index (Phi) is 3.42. The predicted molar refractivity (Wildman–Crippen MR) is 81.9 cm³/mol. The molecule has 0 saturated carbocycles. The molecule has 0 bridgehead atoms. The van der Waals surface area contributed by atoms with Gasteiger partial charge in [0.1, 0.15) is 12.4 Å². The van der Waals surface area contributed by atoms with Crippen LogP contribution in [0.4, 0.5) is 5.95 Å². The van der Waals surface area contributed by atoms with Gasteiger partial charge in [-0.25, -0.2) is 4.79 Å². The van der Waals surface area contributed by atoms with Crippen molar-refractivity contribution in [2.75, 3.05) is 12.3 Å².